The fourth-order valence-electron chi connectivity index (χ4n) is 2.18. The van der Waals surface area contributed by atoms with E-state index in [4.69, 9.17) is 5.73 Å². The summed E-state index contributed by atoms with van der Waals surface area (Å²) in [6.07, 6.45) is 2.73. The predicted octanol–water partition coefficient (Wildman–Crippen LogP) is 2.91. The zero-order valence-corrected chi connectivity index (χ0v) is 13.4. The van der Waals surface area contributed by atoms with E-state index in [-0.39, 0.29) is 12.4 Å². The minimum atomic E-state index is 0. The highest BCUT2D eigenvalue weighted by atomic mass is 35.5. The zero-order valence-electron chi connectivity index (χ0n) is 12.6. The van der Waals surface area contributed by atoms with Crippen LogP contribution in [0.5, 0.6) is 0 Å². The number of halogens is 1. The van der Waals surface area contributed by atoms with Crippen LogP contribution in [-0.2, 0) is 6.42 Å². The van der Waals surface area contributed by atoms with Crippen LogP contribution in [0.3, 0.4) is 0 Å². The summed E-state index contributed by atoms with van der Waals surface area (Å²) in [5.74, 6) is 0.790. The van der Waals surface area contributed by atoms with Crippen LogP contribution in [0, 0.1) is 0 Å². The number of rotatable bonds is 6. The summed E-state index contributed by atoms with van der Waals surface area (Å²) in [4.78, 5) is 11.1. The molecule has 0 aliphatic rings. The molecule has 1 heterocycles. The monoisotopic (exact) mass is 306 g/mol. The van der Waals surface area contributed by atoms with Crippen molar-refractivity contribution < 1.29 is 0 Å². The van der Waals surface area contributed by atoms with E-state index in [1.54, 1.807) is 0 Å². The molecule has 0 saturated heterocycles. The Bertz CT molecular complexity index is 538. The molecule has 0 aliphatic carbocycles. The molecule has 1 aromatic heterocycles. The first-order valence-corrected chi connectivity index (χ1v) is 7.15. The summed E-state index contributed by atoms with van der Waals surface area (Å²) in [6.45, 7) is 6.73. The second-order valence-corrected chi connectivity index (χ2v) is 4.65. The third-order valence-electron chi connectivity index (χ3n) is 3.37. The van der Waals surface area contributed by atoms with Gasteiger partial charge in [0.25, 0.3) is 0 Å². The molecule has 2 aromatic rings. The second-order valence-electron chi connectivity index (χ2n) is 4.65. The lowest BCUT2D eigenvalue weighted by atomic mass is 10.1. The van der Waals surface area contributed by atoms with Gasteiger partial charge in [-0.15, -0.1) is 12.4 Å². The molecule has 0 saturated carbocycles. The van der Waals surface area contributed by atoms with E-state index < -0.39 is 0 Å². The van der Waals surface area contributed by atoms with Crippen LogP contribution in [0.15, 0.2) is 36.5 Å². The number of benzene rings is 1. The van der Waals surface area contributed by atoms with Crippen LogP contribution in [0.4, 0.5) is 5.95 Å². The van der Waals surface area contributed by atoms with Crippen molar-refractivity contribution in [1.82, 2.24) is 9.97 Å². The summed E-state index contributed by atoms with van der Waals surface area (Å²) in [5, 5.41) is 0. The van der Waals surface area contributed by atoms with E-state index >= 15 is 0 Å². The van der Waals surface area contributed by atoms with Crippen molar-refractivity contribution in [1.29, 1.82) is 0 Å². The highest BCUT2D eigenvalue weighted by Gasteiger charge is 2.07. The molecule has 5 heteroatoms. The molecule has 2 N–H and O–H groups in total. The fraction of sp³-hybridized carbons (Fsp3) is 0.375. The first-order valence-electron chi connectivity index (χ1n) is 7.15. The Kier molecular flexibility index (Phi) is 7.12. The molecule has 0 atom stereocenters. The van der Waals surface area contributed by atoms with Gasteiger partial charge in [-0.3, -0.25) is 0 Å². The van der Waals surface area contributed by atoms with Crippen molar-refractivity contribution in [2.24, 2.45) is 5.73 Å². The van der Waals surface area contributed by atoms with E-state index in [0.717, 1.165) is 36.7 Å². The van der Waals surface area contributed by atoms with Gasteiger partial charge in [-0.2, -0.15) is 0 Å². The van der Waals surface area contributed by atoms with Gasteiger partial charge in [-0.05, 0) is 38.4 Å². The van der Waals surface area contributed by atoms with Gasteiger partial charge < -0.3 is 10.6 Å². The lowest BCUT2D eigenvalue weighted by molar-refractivity contribution is 0.822. The molecule has 4 nitrogen and oxygen atoms in total. The predicted molar refractivity (Wildman–Crippen MR) is 91.0 cm³/mol. The number of hydrogen-bond acceptors (Lipinski definition) is 4. The van der Waals surface area contributed by atoms with Crippen LogP contribution in [0.2, 0.25) is 0 Å². The van der Waals surface area contributed by atoms with E-state index in [2.05, 4.69) is 53.0 Å². The molecule has 21 heavy (non-hydrogen) atoms. The van der Waals surface area contributed by atoms with E-state index in [0.29, 0.717) is 6.54 Å². The van der Waals surface area contributed by atoms with E-state index in [1.165, 1.54) is 5.56 Å². The maximum Gasteiger partial charge on any atom is 0.225 e. The summed E-state index contributed by atoms with van der Waals surface area (Å²) < 4.78 is 0. The third kappa shape index (κ3) is 4.41. The molecule has 1 aromatic carbocycles. The van der Waals surface area contributed by atoms with Crippen molar-refractivity contribution in [3.63, 3.8) is 0 Å². The van der Waals surface area contributed by atoms with Gasteiger partial charge in [0.2, 0.25) is 5.95 Å². The Morgan fingerprint density at radius 1 is 1.05 bits per heavy atom. The molecule has 2 rings (SSSR count). The number of hydrogen-bond donors (Lipinski definition) is 1. The standard InChI is InChI=1S/C16H22N4.ClH/c1-3-20(4-2)16-18-12-10-15(19-16)14-7-5-13(6-8-14)9-11-17;/h5-8,10,12H,3-4,9,11,17H2,1-2H3;1H. The highest BCUT2D eigenvalue weighted by Crippen LogP contribution is 2.19. The molecule has 0 radical (unpaired) electrons. The lowest BCUT2D eigenvalue weighted by Crippen LogP contribution is -2.24. The smallest absolute Gasteiger partial charge is 0.225 e. The molecule has 0 aliphatic heterocycles. The number of anilines is 1. The minimum Gasteiger partial charge on any atom is -0.341 e. The zero-order chi connectivity index (χ0) is 14.4. The van der Waals surface area contributed by atoms with Gasteiger partial charge in [-0.25, -0.2) is 9.97 Å². The van der Waals surface area contributed by atoms with E-state index in [1.807, 2.05) is 12.3 Å². The molecule has 0 bridgehead atoms. The lowest BCUT2D eigenvalue weighted by Gasteiger charge is -2.18. The normalized spacial score (nSPS) is 10.0. The Labute approximate surface area is 132 Å². The summed E-state index contributed by atoms with van der Waals surface area (Å²) >= 11 is 0. The first kappa shape index (κ1) is 17.4. The van der Waals surface area contributed by atoms with Crippen LogP contribution >= 0.6 is 12.4 Å². The van der Waals surface area contributed by atoms with Crippen LogP contribution < -0.4 is 10.6 Å². The third-order valence-corrected chi connectivity index (χ3v) is 3.37. The first-order chi connectivity index (χ1) is 9.78. The highest BCUT2D eigenvalue weighted by molar-refractivity contribution is 5.85. The largest absolute Gasteiger partial charge is 0.341 e. The van der Waals surface area contributed by atoms with Gasteiger partial charge in [0.15, 0.2) is 0 Å². The van der Waals surface area contributed by atoms with Gasteiger partial charge in [0.05, 0.1) is 5.69 Å². The maximum atomic E-state index is 5.57. The Hall–Kier alpha value is -1.65. The Balaban J connectivity index is 0.00000220. The van der Waals surface area contributed by atoms with Crippen molar-refractivity contribution in [3.05, 3.63) is 42.1 Å². The SMILES string of the molecule is CCN(CC)c1nccc(-c2ccc(CCN)cc2)n1.Cl. The molecule has 114 valence electrons. The number of nitrogens with two attached hydrogens (primary N) is 1. The second kappa shape index (κ2) is 8.60. The van der Waals surface area contributed by atoms with Gasteiger partial charge >= 0.3 is 0 Å². The quantitative estimate of drug-likeness (QED) is 0.891. The molecule has 0 fully saturated rings. The molecular weight excluding hydrogens is 284 g/mol. The van der Waals surface area contributed by atoms with Crippen molar-refractivity contribution >= 4 is 18.4 Å². The molecule has 0 spiro atoms. The van der Waals surface area contributed by atoms with Crippen LogP contribution in [-0.4, -0.2) is 29.6 Å². The van der Waals surface area contributed by atoms with Crippen molar-refractivity contribution in [3.8, 4) is 11.3 Å². The summed E-state index contributed by atoms with van der Waals surface area (Å²) in [6, 6.07) is 10.4. The topological polar surface area (TPSA) is 55.0 Å². The van der Waals surface area contributed by atoms with Gasteiger partial charge in [0, 0.05) is 24.8 Å². The summed E-state index contributed by atoms with van der Waals surface area (Å²) in [7, 11) is 0. The number of aromatic nitrogens is 2. The van der Waals surface area contributed by atoms with Crippen molar-refractivity contribution in [2.45, 2.75) is 20.3 Å². The molecule has 0 amide bonds. The van der Waals surface area contributed by atoms with E-state index in [9.17, 15) is 0 Å². The number of nitrogens with zero attached hydrogens (tertiary/aromatic N) is 3. The van der Waals surface area contributed by atoms with Gasteiger partial charge in [-0.1, -0.05) is 24.3 Å². The Morgan fingerprint density at radius 2 is 1.71 bits per heavy atom. The van der Waals surface area contributed by atoms with Crippen LogP contribution in [0.25, 0.3) is 11.3 Å². The summed E-state index contributed by atoms with van der Waals surface area (Å²) in [5.41, 5.74) is 8.90. The average molecular weight is 307 g/mol. The average Bonchev–Trinajstić information content (AvgIpc) is 2.50. The minimum absolute atomic E-state index is 0. The van der Waals surface area contributed by atoms with Crippen LogP contribution in [0.1, 0.15) is 19.4 Å². The Morgan fingerprint density at radius 3 is 2.29 bits per heavy atom. The molecular formula is C16H23ClN4. The van der Waals surface area contributed by atoms with Crippen molar-refractivity contribution in [2.75, 3.05) is 24.5 Å². The maximum absolute atomic E-state index is 5.57. The van der Waals surface area contributed by atoms with Gasteiger partial charge in [0.1, 0.15) is 0 Å². The fourth-order valence-corrected chi connectivity index (χ4v) is 2.18. The molecule has 0 unspecified atom stereocenters.